The summed E-state index contributed by atoms with van der Waals surface area (Å²) in [5, 5.41) is 0.474. The van der Waals surface area contributed by atoms with Crippen LogP contribution in [0, 0.1) is 0 Å². The minimum atomic E-state index is -0.106. The Morgan fingerprint density at radius 3 is 2.30 bits per heavy atom. The number of hydrogen-bond acceptors (Lipinski definition) is 3. The Hall–Kier alpha value is -0.445. The lowest BCUT2D eigenvalue weighted by molar-refractivity contribution is -0.132. The third-order valence-electron chi connectivity index (χ3n) is 4.16. The quantitative estimate of drug-likeness (QED) is 0.590. The van der Waals surface area contributed by atoms with Crippen LogP contribution in [0.4, 0.5) is 0 Å². The fourth-order valence-corrected chi connectivity index (χ4v) is 4.66. The van der Waals surface area contributed by atoms with Crippen molar-refractivity contribution in [3.05, 3.63) is 0 Å². The van der Waals surface area contributed by atoms with Gasteiger partial charge in [-0.25, -0.2) is 0 Å². The van der Waals surface area contributed by atoms with E-state index in [1.165, 1.54) is 49.8 Å². The van der Waals surface area contributed by atoms with E-state index in [9.17, 15) is 9.59 Å². The van der Waals surface area contributed by atoms with Gasteiger partial charge in [-0.15, -0.1) is 11.8 Å². The van der Waals surface area contributed by atoms with Gasteiger partial charge in [0.05, 0.1) is 5.25 Å². The third kappa shape index (κ3) is 4.27. The fraction of sp³-hybridized carbons (Fsp3) is 0.867. The van der Waals surface area contributed by atoms with Crippen LogP contribution in [0.2, 0.25) is 5.82 Å². The maximum atomic E-state index is 12.4. The van der Waals surface area contributed by atoms with Gasteiger partial charge in [0.1, 0.15) is 0 Å². The highest BCUT2D eigenvalue weighted by atomic mass is 32.2. The molecule has 2 fully saturated rings. The highest BCUT2D eigenvalue weighted by Gasteiger charge is 2.40. The second-order valence-corrected chi connectivity index (χ2v) is 8.04. The second kappa shape index (κ2) is 7.53. The Balaban J connectivity index is 1.89. The van der Waals surface area contributed by atoms with E-state index >= 15 is 0 Å². The molecule has 0 bridgehead atoms. The molecule has 2 rings (SSSR count). The van der Waals surface area contributed by atoms with E-state index in [1.807, 2.05) is 0 Å². The molecule has 0 aromatic rings. The Morgan fingerprint density at radius 1 is 1.10 bits per heavy atom. The summed E-state index contributed by atoms with van der Waals surface area (Å²) in [6, 6.07) is 0. The summed E-state index contributed by atoms with van der Waals surface area (Å²) in [5.41, 5.74) is 0. The molecule has 0 radical (unpaired) electrons. The first-order valence-corrected chi connectivity index (χ1v) is 9.02. The standard InChI is InChI=1S/C15H26BNO2S/c1-11(2)16-17-14(18)10-13(15(17)19)20-12-8-6-4-3-5-7-9-12/h11-13,16H,3-10H2,1-2H3. The third-order valence-corrected chi connectivity index (χ3v) is 5.71. The van der Waals surface area contributed by atoms with Crippen LogP contribution in [0.15, 0.2) is 0 Å². The summed E-state index contributed by atoms with van der Waals surface area (Å²) in [6.07, 6.45) is 9.43. The zero-order valence-electron chi connectivity index (χ0n) is 12.8. The molecule has 20 heavy (non-hydrogen) atoms. The van der Waals surface area contributed by atoms with Gasteiger partial charge in [-0.1, -0.05) is 51.8 Å². The summed E-state index contributed by atoms with van der Waals surface area (Å²) in [7, 11) is 0.583. The molecule has 3 nitrogen and oxygen atoms in total. The van der Waals surface area contributed by atoms with E-state index < -0.39 is 0 Å². The van der Waals surface area contributed by atoms with Crippen molar-refractivity contribution in [1.29, 1.82) is 0 Å². The molecular formula is C15H26BNO2S. The van der Waals surface area contributed by atoms with Crippen LogP contribution >= 0.6 is 11.8 Å². The Kier molecular flexibility index (Phi) is 6.00. The molecule has 1 saturated carbocycles. The lowest BCUT2D eigenvalue weighted by atomic mass is 9.76. The molecule has 0 N–H and O–H groups in total. The first kappa shape index (κ1) is 15.9. The zero-order valence-corrected chi connectivity index (χ0v) is 13.6. The Bertz CT molecular complexity index is 354. The maximum Gasteiger partial charge on any atom is 0.252 e. The van der Waals surface area contributed by atoms with E-state index in [2.05, 4.69) is 13.8 Å². The number of amides is 2. The number of hydrogen-bond donors (Lipinski definition) is 0. The van der Waals surface area contributed by atoms with Crippen molar-refractivity contribution in [2.45, 2.75) is 81.5 Å². The predicted octanol–water partition coefficient (Wildman–Crippen LogP) is 3.14. The summed E-state index contributed by atoms with van der Waals surface area (Å²) in [6.45, 7) is 4.10. The monoisotopic (exact) mass is 295 g/mol. The number of imide groups is 1. The summed E-state index contributed by atoms with van der Waals surface area (Å²) in [5.74, 6) is 0.454. The second-order valence-electron chi connectivity index (χ2n) is 6.53. The summed E-state index contributed by atoms with van der Waals surface area (Å²) in [4.78, 5) is 25.8. The molecule has 1 aliphatic heterocycles. The van der Waals surface area contributed by atoms with E-state index in [4.69, 9.17) is 0 Å². The zero-order chi connectivity index (χ0) is 14.5. The highest BCUT2D eigenvalue weighted by molar-refractivity contribution is 8.01. The average molecular weight is 295 g/mol. The van der Waals surface area contributed by atoms with Crippen LogP contribution in [0.5, 0.6) is 0 Å². The first-order chi connectivity index (χ1) is 9.58. The first-order valence-electron chi connectivity index (χ1n) is 8.07. The highest BCUT2D eigenvalue weighted by Crippen LogP contribution is 2.34. The maximum absolute atomic E-state index is 12.4. The van der Waals surface area contributed by atoms with Gasteiger partial charge in [-0.3, -0.25) is 9.59 Å². The minimum absolute atomic E-state index is 0.0343. The van der Waals surface area contributed by atoms with Crippen LogP contribution in [-0.2, 0) is 9.59 Å². The number of carbonyl (C=O) groups is 2. The van der Waals surface area contributed by atoms with Crippen molar-refractivity contribution in [3.63, 3.8) is 0 Å². The van der Waals surface area contributed by atoms with Gasteiger partial charge in [0.15, 0.2) is 0 Å². The fourth-order valence-electron chi connectivity index (χ4n) is 3.10. The molecule has 1 saturated heterocycles. The summed E-state index contributed by atoms with van der Waals surface area (Å²) < 4.78 is 0. The van der Waals surface area contributed by atoms with Gasteiger partial charge in [0, 0.05) is 11.7 Å². The van der Waals surface area contributed by atoms with E-state index in [-0.39, 0.29) is 17.1 Å². The summed E-state index contributed by atoms with van der Waals surface area (Å²) >= 11 is 1.78. The van der Waals surface area contributed by atoms with Crippen LogP contribution < -0.4 is 0 Å². The molecule has 2 aliphatic rings. The molecule has 1 aliphatic carbocycles. The molecule has 112 valence electrons. The van der Waals surface area contributed by atoms with Crippen molar-refractivity contribution < 1.29 is 9.59 Å². The van der Waals surface area contributed by atoms with Crippen LogP contribution in [-0.4, -0.2) is 34.5 Å². The number of nitrogens with zero attached hydrogens (tertiary/aromatic N) is 1. The molecule has 0 spiro atoms. The van der Waals surface area contributed by atoms with Crippen molar-refractivity contribution in [1.82, 2.24) is 4.81 Å². The average Bonchev–Trinajstić information content (AvgIpc) is 2.60. The molecule has 1 atom stereocenters. The predicted molar refractivity (Wildman–Crippen MR) is 86.2 cm³/mol. The molecule has 2 amide bonds. The number of thioether (sulfide) groups is 1. The molecular weight excluding hydrogens is 269 g/mol. The van der Waals surface area contributed by atoms with Gasteiger partial charge in [-0.2, -0.15) is 0 Å². The normalized spacial score (nSPS) is 25.9. The molecule has 0 aromatic heterocycles. The van der Waals surface area contributed by atoms with E-state index in [1.54, 1.807) is 11.8 Å². The van der Waals surface area contributed by atoms with Crippen LogP contribution in [0.3, 0.4) is 0 Å². The van der Waals surface area contributed by atoms with Crippen molar-refractivity contribution in [2.75, 3.05) is 0 Å². The lowest BCUT2D eigenvalue weighted by Crippen LogP contribution is -2.36. The molecule has 1 unspecified atom stereocenters. The van der Waals surface area contributed by atoms with Crippen molar-refractivity contribution in [2.24, 2.45) is 0 Å². The van der Waals surface area contributed by atoms with E-state index in [0.29, 0.717) is 24.9 Å². The van der Waals surface area contributed by atoms with Gasteiger partial charge >= 0.3 is 0 Å². The van der Waals surface area contributed by atoms with Gasteiger partial charge in [0.25, 0.3) is 7.41 Å². The topological polar surface area (TPSA) is 37.4 Å². The lowest BCUT2D eigenvalue weighted by Gasteiger charge is -2.22. The Morgan fingerprint density at radius 2 is 1.70 bits per heavy atom. The van der Waals surface area contributed by atoms with Gasteiger partial charge < -0.3 is 4.81 Å². The Labute approximate surface area is 127 Å². The SMILES string of the molecule is CC(C)BN1C(=O)CC(SC2CCCCCCC2)C1=O. The van der Waals surface area contributed by atoms with Gasteiger partial charge in [-0.05, 0) is 12.8 Å². The van der Waals surface area contributed by atoms with Crippen molar-refractivity contribution >= 4 is 31.0 Å². The molecule has 5 heteroatoms. The number of rotatable bonds is 4. The smallest absolute Gasteiger partial charge is 0.252 e. The molecule has 1 heterocycles. The van der Waals surface area contributed by atoms with Gasteiger partial charge in [0.2, 0.25) is 11.8 Å². The molecule has 0 aromatic carbocycles. The van der Waals surface area contributed by atoms with Crippen molar-refractivity contribution in [3.8, 4) is 0 Å². The number of carbonyl (C=O) groups excluding carboxylic acids is 2. The minimum Gasteiger partial charge on any atom is -0.332 e. The van der Waals surface area contributed by atoms with Crippen LogP contribution in [0.1, 0.15) is 65.2 Å². The largest absolute Gasteiger partial charge is 0.332 e. The van der Waals surface area contributed by atoms with Crippen LogP contribution in [0.25, 0.3) is 0 Å². The van der Waals surface area contributed by atoms with E-state index in [0.717, 1.165) is 0 Å².